The van der Waals surface area contributed by atoms with Gasteiger partial charge >= 0.3 is 7.82 Å². The molecule has 0 aliphatic heterocycles. The maximum atomic E-state index is 12.1. The monoisotopic (exact) mass is 322 g/mol. The van der Waals surface area contributed by atoms with Crippen molar-refractivity contribution in [3.8, 4) is 0 Å². The Morgan fingerprint density at radius 2 is 1.50 bits per heavy atom. The van der Waals surface area contributed by atoms with Crippen molar-refractivity contribution in [3.63, 3.8) is 0 Å². The van der Waals surface area contributed by atoms with Gasteiger partial charge in [0.2, 0.25) is 0 Å². The van der Waals surface area contributed by atoms with Crippen LogP contribution >= 0.6 is 7.82 Å². The van der Waals surface area contributed by atoms with Crippen LogP contribution in [0.4, 0.5) is 0 Å². The average Bonchev–Trinajstić information content (AvgIpc) is 2.37. The highest BCUT2D eigenvalue weighted by Gasteiger charge is 2.25. The molecule has 0 saturated heterocycles. The molecule has 0 N–H and O–H groups in total. The van der Waals surface area contributed by atoms with Crippen LogP contribution in [0.25, 0.3) is 0 Å². The number of hydrogen-bond acceptors (Lipinski definition) is 6. The molecule has 0 aromatic heterocycles. The molecule has 1 aromatic carbocycles. The van der Waals surface area contributed by atoms with E-state index in [0.29, 0.717) is 5.56 Å². The highest BCUT2D eigenvalue weighted by Crippen LogP contribution is 2.49. The van der Waals surface area contributed by atoms with Gasteiger partial charge in [-0.25, -0.2) is 13.0 Å². The summed E-state index contributed by atoms with van der Waals surface area (Å²) >= 11 is 0. The first kappa shape index (κ1) is 17.3. The molecule has 0 atom stereocenters. The van der Waals surface area contributed by atoms with Crippen molar-refractivity contribution in [2.45, 2.75) is 25.3 Å². The first-order valence-corrected chi connectivity index (χ1v) is 9.48. The summed E-state index contributed by atoms with van der Waals surface area (Å²) in [6.07, 6.45) is 1.14. The lowest BCUT2D eigenvalue weighted by Gasteiger charge is -2.16. The third kappa shape index (κ3) is 5.34. The average molecular weight is 322 g/mol. The Hall–Kier alpha value is -0.720. The molecule has 0 amide bonds. The van der Waals surface area contributed by atoms with Crippen LogP contribution in [0.5, 0.6) is 0 Å². The fourth-order valence-corrected chi connectivity index (χ4v) is 3.21. The molecule has 20 heavy (non-hydrogen) atoms. The van der Waals surface area contributed by atoms with E-state index in [9.17, 15) is 13.0 Å². The molecule has 0 aliphatic carbocycles. The van der Waals surface area contributed by atoms with Gasteiger partial charge in [0.15, 0.2) is 9.84 Å². The summed E-state index contributed by atoms with van der Waals surface area (Å²) in [6, 6.07) is 6.14. The third-order valence-corrected chi connectivity index (χ3v) is 5.04. The topological polar surface area (TPSA) is 78.9 Å². The fraction of sp³-hybridized carbons (Fsp3) is 0.500. The van der Waals surface area contributed by atoms with Gasteiger partial charge in [-0.2, -0.15) is 0 Å². The van der Waals surface area contributed by atoms with Crippen molar-refractivity contribution in [1.82, 2.24) is 0 Å². The molecule has 0 bridgehead atoms. The van der Waals surface area contributed by atoms with E-state index in [1.165, 1.54) is 12.1 Å². The van der Waals surface area contributed by atoms with E-state index in [-0.39, 0.29) is 24.7 Å². The lowest BCUT2D eigenvalue weighted by Crippen LogP contribution is -2.01. The molecule has 6 nitrogen and oxygen atoms in total. The highest BCUT2D eigenvalue weighted by atomic mass is 32.2. The number of benzene rings is 1. The summed E-state index contributed by atoms with van der Waals surface area (Å²) in [5.74, 6) is 0. The predicted molar refractivity (Wildman–Crippen MR) is 75.2 cm³/mol. The molecule has 0 radical (unpaired) electrons. The summed E-state index contributed by atoms with van der Waals surface area (Å²) < 4.78 is 49.8. The summed E-state index contributed by atoms with van der Waals surface area (Å²) in [5, 5.41) is 0. The summed E-state index contributed by atoms with van der Waals surface area (Å²) in [4.78, 5) is 0.221. The van der Waals surface area contributed by atoms with Crippen LogP contribution in [-0.2, 0) is 34.6 Å². The van der Waals surface area contributed by atoms with E-state index < -0.39 is 17.7 Å². The Kier molecular flexibility index (Phi) is 6.36. The molecule has 8 heteroatoms. The molecule has 114 valence electrons. The Balaban J connectivity index is 2.72. The second-order valence-corrected chi connectivity index (χ2v) is 7.66. The molecule has 1 rings (SSSR count). The summed E-state index contributed by atoms with van der Waals surface area (Å²) in [7, 11) is -6.77. The van der Waals surface area contributed by atoms with Gasteiger partial charge in [0.1, 0.15) is 0 Å². The van der Waals surface area contributed by atoms with Gasteiger partial charge in [-0.15, -0.1) is 0 Å². The van der Waals surface area contributed by atoms with Crippen molar-refractivity contribution in [2.24, 2.45) is 0 Å². The van der Waals surface area contributed by atoms with E-state index in [0.717, 1.165) is 6.26 Å². The number of hydrogen-bond donors (Lipinski definition) is 0. The molecule has 0 unspecified atom stereocenters. The molecule has 0 saturated carbocycles. The minimum atomic E-state index is -3.55. The largest absolute Gasteiger partial charge is 0.475 e. The number of phosphoric ester groups is 1. The lowest BCUT2D eigenvalue weighted by atomic mass is 10.2. The van der Waals surface area contributed by atoms with Crippen molar-refractivity contribution in [1.29, 1.82) is 0 Å². The van der Waals surface area contributed by atoms with Crippen LogP contribution in [0.2, 0.25) is 0 Å². The normalized spacial score (nSPS) is 12.6. The molecule has 0 aliphatic rings. The van der Waals surface area contributed by atoms with Crippen LogP contribution < -0.4 is 0 Å². The SMILES string of the molecule is CCOP(=O)(OCC)OCc1ccc(S(C)(=O)=O)cc1. The van der Waals surface area contributed by atoms with E-state index in [1.54, 1.807) is 26.0 Å². The van der Waals surface area contributed by atoms with Crippen LogP contribution in [0.15, 0.2) is 29.2 Å². The number of phosphoric acid groups is 1. The van der Waals surface area contributed by atoms with E-state index >= 15 is 0 Å². The van der Waals surface area contributed by atoms with Gasteiger partial charge in [-0.05, 0) is 31.5 Å². The first-order valence-electron chi connectivity index (χ1n) is 6.13. The quantitative estimate of drug-likeness (QED) is 0.685. The van der Waals surface area contributed by atoms with Crippen molar-refractivity contribution in [2.75, 3.05) is 19.5 Å². The zero-order valence-electron chi connectivity index (χ0n) is 11.7. The van der Waals surface area contributed by atoms with Crippen LogP contribution in [0, 0.1) is 0 Å². The number of rotatable bonds is 8. The Morgan fingerprint density at radius 1 is 1.00 bits per heavy atom. The highest BCUT2D eigenvalue weighted by molar-refractivity contribution is 7.90. The lowest BCUT2D eigenvalue weighted by molar-refractivity contribution is 0.116. The van der Waals surface area contributed by atoms with Crippen LogP contribution in [0.1, 0.15) is 19.4 Å². The first-order chi connectivity index (χ1) is 9.30. The third-order valence-electron chi connectivity index (χ3n) is 2.32. The maximum Gasteiger partial charge on any atom is 0.475 e. The Bertz CT molecular complexity index is 556. The van der Waals surface area contributed by atoms with Gasteiger partial charge in [0.25, 0.3) is 0 Å². The van der Waals surface area contributed by atoms with E-state index in [1.807, 2.05) is 0 Å². The maximum absolute atomic E-state index is 12.1. The van der Waals surface area contributed by atoms with Crippen molar-refractivity contribution >= 4 is 17.7 Å². The second-order valence-electron chi connectivity index (χ2n) is 3.97. The zero-order chi connectivity index (χ0) is 15.2. The Labute approximate surface area is 119 Å². The molecular weight excluding hydrogens is 303 g/mol. The molecule has 0 heterocycles. The summed E-state index contributed by atoms with van der Waals surface area (Å²) in [5.41, 5.74) is 0.678. The zero-order valence-corrected chi connectivity index (χ0v) is 13.4. The Morgan fingerprint density at radius 3 is 1.90 bits per heavy atom. The minimum absolute atomic E-state index is 0.0152. The van der Waals surface area contributed by atoms with Crippen LogP contribution in [0.3, 0.4) is 0 Å². The predicted octanol–water partition coefficient (Wildman–Crippen LogP) is 2.79. The number of sulfone groups is 1. The molecular formula is C12H19O6PS. The molecule has 0 spiro atoms. The van der Waals surface area contributed by atoms with E-state index in [4.69, 9.17) is 13.6 Å². The molecule has 0 fully saturated rings. The fourth-order valence-electron chi connectivity index (χ4n) is 1.41. The summed E-state index contributed by atoms with van der Waals surface area (Å²) in [6.45, 7) is 3.82. The van der Waals surface area contributed by atoms with Gasteiger partial charge in [0, 0.05) is 6.26 Å². The molecule has 1 aromatic rings. The smallest absolute Gasteiger partial charge is 0.287 e. The van der Waals surface area contributed by atoms with Gasteiger partial charge < -0.3 is 0 Å². The van der Waals surface area contributed by atoms with E-state index in [2.05, 4.69) is 0 Å². The standard InChI is InChI=1S/C12H19O6PS/c1-4-16-19(13,17-5-2)18-10-11-6-8-12(9-7-11)20(3,14)15/h6-9H,4-5,10H2,1-3H3. The van der Waals surface area contributed by atoms with Gasteiger partial charge in [-0.3, -0.25) is 13.6 Å². The minimum Gasteiger partial charge on any atom is -0.287 e. The second kappa shape index (κ2) is 7.33. The van der Waals surface area contributed by atoms with Gasteiger partial charge in [-0.1, -0.05) is 12.1 Å². The van der Waals surface area contributed by atoms with Crippen molar-refractivity contribution in [3.05, 3.63) is 29.8 Å². The van der Waals surface area contributed by atoms with Gasteiger partial charge in [0.05, 0.1) is 24.7 Å². The van der Waals surface area contributed by atoms with Crippen LogP contribution in [-0.4, -0.2) is 27.9 Å². The van der Waals surface area contributed by atoms with Crippen molar-refractivity contribution < 1.29 is 26.6 Å².